The van der Waals surface area contributed by atoms with Crippen LogP contribution < -0.4 is 10.2 Å². The lowest BCUT2D eigenvalue weighted by molar-refractivity contribution is -0.121. The van der Waals surface area contributed by atoms with E-state index in [1.807, 2.05) is 42.6 Å². The lowest BCUT2D eigenvalue weighted by Gasteiger charge is -2.34. The zero-order valence-corrected chi connectivity index (χ0v) is 13.6. The van der Waals surface area contributed by atoms with Crippen LogP contribution in [0.1, 0.15) is 23.4 Å². The van der Waals surface area contributed by atoms with Gasteiger partial charge in [-0.1, -0.05) is 12.1 Å². The van der Waals surface area contributed by atoms with E-state index in [0.29, 0.717) is 6.42 Å². The number of piperidine rings is 1. The summed E-state index contributed by atoms with van der Waals surface area (Å²) in [7, 11) is 0. The molecule has 0 spiro atoms. The Morgan fingerprint density at radius 1 is 1.41 bits per heavy atom. The van der Waals surface area contributed by atoms with Crippen LogP contribution in [0.25, 0.3) is 0 Å². The van der Waals surface area contributed by atoms with Gasteiger partial charge in [0.15, 0.2) is 0 Å². The van der Waals surface area contributed by atoms with Crippen LogP contribution >= 0.6 is 11.3 Å². The average Bonchev–Trinajstić information content (AvgIpc) is 3.00. The summed E-state index contributed by atoms with van der Waals surface area (Å²) in [5, 5.41) is 5.18. The number of aromatic nitrogens is 1. The van der Waals surface area contributed by atoms with E-state index in [2.05, 4.69) is 15.2 Å². The van der Waals surface area contributed by atoms with Crippen molar-refractivity contribution >= 4 is 23.1 Å². The molecule has 3 heterocycles. The first-order valence-corrected chi connectivity index (χ1v) is 8.59. The first kappa shape index (κ1) is 15.0. The molecule has 116 valence electrons. The number of hydrogen-bond acceptors (Lipinski definition) is 4. The van der Waals surface area contributed by atoms with Crippen LogP contribution in [0.4, 0.5) is 5.82 Å². The van der Waals surface area contributed by atoms with E-state index in [9.17, 15) is 4.79 Å². The Kier molecular flexibility index (Phi) is 4.73. The number of thiophene rings is 1. The molecule has 4 nitrogen and oxygen atoms in total. The third kappa shape index (κ3) is 3.85. The lowest BCUT2D eigenvalue weighted by atomic mass is 10.1. The largest absolute Gasteiger partial charge is 0.355 e. The van der Waals surface area contributed by atoms with Gasteiger partial charge in [-0.2, -0.15) is 0 Å². The number of anilines is 1. The fourth-order valence-corrected chi connectivity index (χ4v) is 3.56. The number of nitrogens with one attached hydrogen (secondary N) is 1. The fourth-order valence-electron chi connectivity index (χ4n) is 2.86. The van der Waals surface area contributed by atoms with Crippen molar-refractivity contribution in [1.29, 1.82) is 0 Å². The Hall–Kier alpha value is -1.88. The van der Waals surface area contributed by atoms with Crippen molar-refractivity contribution in [2.24, 2.45) is 0 Å². The highest BCUT2D eigenvalue weighted by Crippen LogP contribution is 2.18. The summed E-state index contributed by atoms with van der Waals surface area (Å²) in [5.74, 6) is 1.13. The molecule has 2 aromatic rings. The minimum atomic E-state index is 0.117. The standard InChI is InChI=1S/C17H21N3OS/c1-13-5-2-8-16(18-13)20-9-3-6-14(12-20)19-17(21)11-15-7-4-10-22-15/h2,4-5,7-8,10,14H,3,6,9,11-12H2,1H3,(H,19,21)/t14-/m1/s1. The summed E-state index contributed by atoms with van der Waals surface area (Å²) in [6.45, 7) is 3.86. The number of carbonyl (C=O) groups is 1. The second-order valence-electron chi connectivity index (χ2n) is 5.75. The molecular weight excluding hydrogens is 294 g/mol. The van der Waals surface area contributed by atoms with Crippen molar-refractivity contribution in [1.82, 2.24) is 10.3 Å². The Balaban J connectivity index is 1.57. The number of pyridine rings is 1. The van der Waals surface area contributed by atoms with E-state index >= 15 is 0 Å². The summed E-state index contributed by atoms with van der Waals surface area (Å²) in [6, 6.07) is 10.3. The summed E-state index contributed by atoms with van der Waals surface area (Å²) in [4.78, 5) is 20.1. The number of aryl methyl sites for hydroxylation is 1. The maximum atomic E-state index is 12.1. The van der Waals surface area contributed by atoms with Gasteiger partial charge in [0.25, 0.3) is 0 Å². The van der Waals surface area contributed by atoms with Crippen LogP contribution in [0, 0.1) is 6.92 Å². The molecule has 1 saturated heterocycles. The minimum Gasteiger partial charge on any atom is -0.355 e. The second-order valence-corrected chi connectivity index (χ2v) is 6.78. The van der Waals surface area contributed by atoms with Crippen molar-refractivity contribution < 1.29 is 4.79 Å². The van der Waals surface area contributed by atoms with Gasteiger partial charge in [0, 0.05) is 29.7 Å². The van der Waals surface area contributed by atoms with Gasteiger partial charge < -0.3 is 10.2 Å². The molecule has 0 bridgehead atoms. The van der Waals surface area contributed by atoms with Gasteiger partial charge in [-0.25, -0.2) is 4.98 Å². The predicted octanol–water partition coefficient (Wildman–Crippen LogP) is 2.78. The fraction of sp³-hybridized carbons (Fsp3) is 0.412. The zero-order chi connectivity index (χ0) is 15.4. The van der Waals surface area contributed by atoms with E-state index in [4.69, 9.17) is 0 Å². The summed E-state index contributed by atoms with van der Waals surface area (Å²) in [5.41, 5.74) is 1.03. The number of nitrogens with zero attached hydrogens (tertiary/aromatic N) is 2. The van der Waals surface area contributed by atoms with E-state index < -0.39 is 0 Å². The molecule has 0 aromatic carbocycles. The number of amides is 1. The third-order valence-electron chi connectivity index (χ3n) is 3.90. The number of rotatable bonds is 4. The molecule has 0 saturated carbocycles. The molecule has 1 aliphatic rings. The summed E-state index contributed by atoms with van der Waals surface area (Å²) in [6.07, 6.45) is 2.61. The molecule has 1 N–H and O–H groups in total. The average molecular weight is 315 g/mol. The lowest BCUT2D eigenvalue weighted by Crippen LogP contribution is -2.48. The SMILES string of the molecule is Cc1cccc(N2CCC[C@@H](NC(=O)Cc3cccs3)C2)n1. The molecular formula is C17H21N3OS. The third-order valence-corrected chi connectivity index (χ3v) is 4.78. The molecule has 0 radical (unpaired) electrons. The molecule has 3 rings (SSSR count). The molecule has 1 aliphatic heterocycles. The Morgan fingerprint density at radius 3 is 3.09 bits per heavy atom. The van der Waals surface area contributed by atoms with E-state index in [1.54, 1.807) is 11.3 Å². The van der Waals surface area contributed by atoms with Crippen molar-refractivity contribution in [2.75, 3.05) is 18.0 Å². The Bertz CT molecular complexity index is 627. The molecule has 1 fully saturated rings. The summed E-state index contributed by atoms with van der Waals surface area (Å²) >= 11 is 1.63. The smallest absolute Gasteiger partial charge is 0.225 e. The molecule has 2 aromatic heterocycles. The predicted molar refractivity (Wildman–Crippen MR) is 90.4 cm³/mol. The van der Waals surface area contributed by atoms with Crippen LogP contribution in [-0.2, 0) is 11.2 Å². The number of carbonyl (C=O) groups excluding carboxylic acids is 1. The first-order chi connectivity index (χ1) is 10.7. The highest BCUT2D eigenvalue weighted by Gasteiger charge is 2.22. The quantitative estimate of drug-likeness (QED) is 0.943. The monoisotopic (exact) mass is 315 g/mol. The molecule has 0 aliphatic carbocycles. The van der Waals surface area contributed by atoms with Crippen LogP contribution in [0.15, 0.2) is 35.7 Å². The normalized spacial score (nSPS) is 18.2. The molecule has 1 atom stereocenters. The maximum absolute atomic E-state index is 12.1. The highest BCUT2D eigenvalue weighted by atomic mass is 32.1. The van der Waals surface area contributed by atoms with Crippen molar-refractivity contribution in [3.05, 3.63) is 46.3 Å². The van der Waals surface area contributed by atoms with Crippen LogP contribution in [0.2, 0.25) is 0 Å². The Morgan fingerprint density at radius 2 is 2.32 bits per heavy atom. The van der Waals surface area contributed by atoms with Gasteiger partial charge in [-0.05, 0) is 43.3 Å². The van der Waals surface area contributed by atoms with Gasteiger partial charge in [0.05, 0.1) is 6.42 Å². The molecule has 1 amide bonds. The molecule has 0 unspecified atom stereocenters. The van der Waals surface area contributed by atoms with Crippen LogP contribution in [0.5, 0.6) is 0 Å². The van der Waals surface area contributed by atoms with E-state index in [1.165, 1.54) is 0 Å². The van der Waals surface area contributed by atoms with Crippen LogP contribution in [-0.4, -0.2) is 30.0 Å². The first-order valence-electron chi connectivity index (χ1n) is 7.71. The molecule has 5 heteroatoms. The highest BCUT2D eigenvalue weighted by molar-refractivity contribution is 7.10. The van der Waals surface area contributed by atoms with E-state index in [-0.39, 0.29) is 11.9 Å². The van der Waals surface area contributed by atoms with Gasteiger partial charge >= 0.3 is 0 Å². The van der Waals surface area contributed by atoms with Gasteiger partial charge in [-0.15, -0.1) is 11.3 Å². The number of hydrogen-bond donors (Lipinski definition) is 1. The Labute approximate surface area is 135 Å². The molecule has 22 heavy (non-hydrogen) atoms. The second kappa shape index (κ2) is 6.92. The minimum absolute atomic E-state index is 0.117. The van der Waals surface area contributed by atoms with Gasteiger partial charge in [0.1, 0.15) is 5.82 Å². The maximum Gasteiger partial charge on any atom is 0.225 e. The topological polar surface area (TPSA) is 45.2 Å². The van der Waals surface area contributed by atoms with Crippen molar-refractivity contribution in [3.63, 3.8) is 0 Å². The van der Waals surface area contributed by atoms with Crippen LogP contribution in [0.3, 0.4) is 0 Å². The van der Waals surface area contributed by atoms with Gasteiger partial charge in [0.2, 0.25) is 5.91 Å². The van der Waals surface area contributed by atoms with Crippen molar-refractivity contribution in [3.8, 4) is 0 Å². The van der Waals surface area contributed by atoms with E-state index in [0.717, 1.165) is 42.3 Å². The zero-order valence-electron chi connectivity index (χ0n) is 12.8. The van der Waals surface area contributed by atoms with Gasteiger partial charge in [-0.3, -0.25) is 4.79 Å². The summed E-state index contributed by atoms with van der Waals surface area (Å²) < 4.78 is 0. The van der Waals surface area contributed by atoms with Crippen molar-refractivity contribution in [2.45, 2.75) is 32.2 Å².